The van der Waals surface area contributed by atoms with E-state index in [4.69, 9.17) is 4.99 Å². The van der Waals surface area contributed by atoms with Gasteiger partial charge in [0, 0.05) is 23.8 Å². The minimum absolute atomic E-state index is 0.152. The van der Waals surface area contributed by atoms with Crippen molar-refractivity contribution in [2.45, 2.75) is 51.5 Å². The molecule has 6 heteroatoms. The molecule has 1 saturated carbocycles. The van der Waals surface area contributed by atoms with Crippen molar-refractivity contribution in [2.24, 2.45) is 12.0 Å². The van der Waals surface area contributed by atoms with Crippen LogP contribution in [0, 0.1) is 12.7 Å². The van der Waals surface area contributed by atoms with Crippen molar-refractivity contribution in [2.75, 3.05) is 5.32 Å². The van der Waals surface area contributed by atoms with Crippen LogP contribution in [0.3, 0.4) is 0 Å². The number of halogens is 1. The molecular weight excluding hydrogens is 337 g/mol. The summed E-state index contributed by atoms with van der Waals surface area (Å²) in [5.74, 6) is -0.465. The number of carbonyl (C=O) groups is 1. The third kappa shape index (κ3) is 4.57. The van der Waals surface area contributed by atoms with Crippen molar-refractivity contribution < 1.29 is 9.18 Å². The Hall–Kier alpha value is -1.95. The molecule has 1 aliphatic rings. The van der Waals surface area contributed by atoms with Crippen LogP contribution in [0.5, 0.6) is 0 Å². The maximum atomic E-state index is 13.6. The lowest BCUT2D eigenvalue weighted by Crippen LogP contribution is -2.22. The highest BCUT2D eigenvalue weighted by atomic mass is 32.1. The van der Waals surface area contributed by atoms with E-state index in [1.54, 1.807) is 30.4 Å². The molecular formula is C19H24FN3OS. The smallest absolute Gasteiger partial charge is 0.230 e. The molecule has 25 heavy (non-hydrogen) atoms. The number of benzene rings is 1. The van der Waals surface area contributed by atoms with Crippen molar-refractivity contribution in [3.05, 3.63) is 45.5 Å². The SMILES string of the molecule is Cc1ccc(NC(=O)Cc2csc(=NC3CCCCC3)n2C)cc1F. The Kier molecular flexibility index (Phi) is 5.68. The summed E-state index contributed by atoms with van der Waals surface area (Å²) in [4.78, 5) is 18.1. The largest absolute Gasteiger partial charge is 0.326 e. The van der Waals surface area contributed by atoms with E-state index < -0.39 is 0 Å². The number of amides is 1. The summed E-state index contributed by atoms with van der Waals surface area (Å²) in [5.41, 5.74) is 1.97. The van der Waals surface area contributed by atoms with Gasteiger partial charge in [-0.15, -0.1) is 11.3 Å². The molecule has 0 saturated heterocycles. The minimum atomic E-state index is -0.313. The number of nitrogens with zero attached hydrogens (tertiary/aromatic N) is 2. The molecule has 1 N–H and O–H groups in total. The molecule has 1 aromatic carbocycles. The average molecular weight is 361 g/mol. The molecule has 2 aromatic rings. The summed E-state index contributed by atoms with van der Waals surface area (Å²) in [6, 6.07) is 5.14. The maximum absolute atomic E-state index is 13.6. The van der Waals surface area contributed by atoms with Crippen molar-refractivity contribution in [1.29, 1.82) is 0 Å². The van der Waals surface area contributed by atoms with E-state index in [-0.39, 0.29) is 18.1 Å². The number of aromatic nitrogens is 1. The average Bonchev–Trinajstić information content (AvgIpc) is 2.92. The Morgan fingerprint density at radius 2 is 2.12 bits per heavy atom. The number of anilines is 1. The first-order chi connectivity index (χ1) is 12.0. The van der Waals surface area contributed by atoms with Crippen LogP contribution in [0.1, 0.15) is 43.4 Å². The molecule has 4 nitrogen and oxygen atoms in total. The topological polar surface area (TPSA) is 46.4 Å². The third-order valence-corrected chi connectivity index (χ3v) is 5.66. The molecule has 1 aliphatic carbocycles. The highest BCUT2D eigenvalue weighted by Crippen LogP contribution is 2.20. The highest BCUT2D eigenvalue weighted by Gasteiger charge is 2.13. The van der Waals surface area contributed by atoms with Crippen LogP contribution in [0.15, 0.2) is 28.6 Å². The lowest BCUT2D eigenvalue weighted by atomic mass is 9.96. The van der Waals surface area contributed by atoms with Gasteiger partial charge in [-0.05, 0) is 37.5 Å². The van der Waals surface area contributed by atoms with Gasteiger partial charge in [-0.2, -0.15) is 0 Å². The Morgan fingerprint density at radius 1 is 1.36 bits per heavy atom. The Morgan fingerprint density at radius 3 is 2.84 bits per heavy atom. The summed E-state index contributed by atoms with van der Waals surface area (Å²) in [7, 11) is 1.95. The van der Waals surface area contributed by atoms with E-state index in [0.29, 0.717) is 17.3 Å². The lowest BCUT2D eigenvalue weighted by molar-refractivity contribution is -0.115. The van der Waals surface area contributed by atoms with Gasteiger partial charge in [0.15, 0.2) is 4.80 Å². The fraction of sp³-hybridized carbons (Fsp3) is 0.474. The van der Waals surface area contributed by atoms with Crippen molar-refractivity contribution in [3.8, 4) is 0 Å². The summed E-state index contributed by atoms with van der Waals surface area (Å²) < 4.78 is 15.6. The van der Waals surface area contributed by atoms with Crippen LogP contribution in [0.2, 0.25) is 0 Å². The van der Waals surface area contributed by atoms with Crippen LogP contribution in [-0.2, 0) is 18.3 Å². The number of aryl methyl sites for hydroxylation is 1. The van der Waals surface area contributed by atoms with Crippen LogP contribution in [0.25, 0.3) is 0 Å². The number of thiazole rings is 1. The quantitative estimate of drug-likeness (QED) is 0.881. The zero-order valence-electron chi connectivity index (χ0n) is 14.7. The number of rotatable bonds is 4. The monoisotopic (exact) mass is 361 g/mol. The molecule has 3 rings (SSSR count). The summed E-state index contributed by atoms with van der Waals surface area (Å²) >= 11 is 1.58. The molecule has 134 valence electrons. The van der Waals surface area contributed by atoms with E-state index in [0.717, 1.165) is 23.3 Å². The van der Waals surface area contributed by atoms with Gasteiger partial charge < -0.3 is 9.88 Å². The first-order valence-corrected chi connectivity index (χ1v) is 9.64. The Labute approximate surface area is 151 Å². The summed E-state index contributed by atoms with van der Waals surface area (Å²) in [6.07, 6.45) is 6.40. The maximum Gasteiger partial charge on any atom is 0.230 e. The molecule has 0 unspecified atom stereocenters. The Balaban J connectivity index is 1.67. The molecule has 0 aliphatic heterocycles. The fourth-order valence-electron chi connectivity index (χ4n) is 3.09. The third-order valence-electron chi connectivity index (χ3n) is 4.68. The van der Waals surface area contributed by atoms with Gasteiger partial charge in [0.25, 0.3) is 0 Å². The van der Waals surface area contributed by atoms with Gasteiger partial charge in [-0.25, -0.2) is 4.39 Å². The van der Waals surface area contributed by atoms with Gasteiger partial charge in [-0.3, -0.25) is 9.79 Å². The highest BCUT2D eigenvalue weighted by molar-refractivity contribution is 7.07. The molecule has 0 spiro atoms. The van der Waals surface area contributed by atoms with E-state index in [1.807, 2.05) is 17.0 Å². The van der Waals surface area contributed by atoms with Crippen LogP contribution in [0.4, 0.5) is 10.1 Å². The van der Waals surface area contributed by atoms with Crippen molar-refractivity contribution >= 4 is 22.9 Å². The molecule has 1 fully saturated rings. The predicted octanol–water partition coefficient (Wildman–Crippen LogP) is 3.95. The second kappa shape index (κ2) is 7.95. The summed E-state index contributed by atoms with van der Waals surface area (Å²) in [6.45, 7) is 1.70. The number of hydrogen-bond donors (Lipinski definition) is 1. The van der Waals surface area contributed by atoms with E-state index >= 15 is 0 Å². The zero-order valence-corrected chi connectivity index (χ0v) is 15.5. The number of nitrogens with one attached hydrogen (secondary N) is 1. The van der Waals surface area contributed by atoms with Crippen molar-refractivity contribution in [3.63, 3.8) is 0 Å². The normalized spacial score (nSPS) is 16.2. The number of carbonyl (C=O) groups excluding carboxylic acids is 1. The van der Waals surface area contributed by atoms with Gasteiger partial charge in [0.1, 0.15) is 5.82 Å². The second-order valence-corrected chi connectivity index (χ2v) is 7.52. The van der Waals surface area contributed by atoms with E-state index in [1.165, 1.54) is 25.3 Å². The van der Waals surface area contributed by atoms with E-state index in [9.17, 15) is 9.18 Å². The Bertz CT molecular complexity index is 818. The summed E-state index contributed by atoms with van der Waals surface area (Å²) in [5, 5.41) is 4.74. The molecule has 0 atom stereocenters. The standard InChI is InChI=1S/C19H24FN3OS/c1-13-8-9-15(10-17(13)20)21-18(24)11-16-12-25-19(23(16)2)22-14-6-4-3-5-7-14/h8-10,12,14H,3-7,11H2,1-2H3,(H,21,24). The second-order valence-electron chi connectivity index (χ2n) is 6.68. The molecule has 0 radical (unpaired) electrons. The lowest BCUT2D eigenvalue weighted by Gasteiger charge is -2.16. The van der Waals surface area contributed by atoms with Gasteiger partial charge in [-0.1, -0.05) is 25.3 Å². The van der Waals surface area contributed by atoms with E-state index in [2.05, 4.69) is 5.32 Å². The van der Waals surface area contributed by atoms with Gasteiger partial charge in [0.2, 0.25) is 5.91 Å². The fourth-order valence-corrected chi connectivity index (χ4v) is 4.05. The van der Waals surface area contributed by atoms with Crippen molar-refractivity contribution in [1.82, 2.24) is 4.57 Å². The van der Waals surface area contributed by atoms with Crippen LogP contribution < -0.4 is 10.1 Å². The first-order valence-electron chi connectivity index (χ1n) is 8.76. The molecule has 0 bridgehead atoms. The molecule has 1 amide bonds. The van der Waals surface area contributed by atoms with Crippen LogP contribution >= 0.6 is 11.3 Å². The molecule has 1 heterocycles. The minimum Gasteiger partial charge on any atom is -0.326 e. The van der Waals surface area contributed by atoms with Gasteiger partial charge in [0.05, 0.1) is 12.5 Å². The number of hydrogen-bond acceptors (Lipinski definition) is 3. The zero-order chi connectivity index (χ0) is 17.8. The first kappa shape index (κ1) is 17.9. The predicted molar refractivity (Wildman–Crippen MR) is 99.2 cm³/mol. The van der Waals surface area contributed by atoms with Crippen LogP contribution in [-0.4, -0.2) is 16.5 Å². The van der Waals surface area contributed by atoms with Gasteiger partial charge >= 0.3 is 0 Å². The molecule has 1 aromatic heterocycles.